The molecule has 3 rings (SSSR count). The van der Waals surface area contributed by atoms with Crippen LogP contribution in [0.2, 0.25) is 0 Å². The zero-order chi connectivity index (χ0) is 14.5. The molecule has 5 nitrogen and oxygen atoms in total. The van der Waals surface area contributed by atoms with Crippen molar-refractivity contribution in [2.75, 3.05) is 6.61 Å². The molecule has 108 valence electrons. The van der Waals surface area contributed by atoms with Gasteiger partial charge in [-0.3, -0.25) is 0 Å². The van der Waals surface area contributed by atoms with Crippen molar-refractivity contribution in [3.63, 3.8) is 0 Å². The van der Waals surface area contributed by atoms with Gasteiger partial charge in [-0.25, -0.2) is 0 Å². The van der Waals surface area contributed by atoms with Crippen LogP contribution in [0.25, 0.3) is 10.8 Å². The first-order valence-corrected chi connectivity index (χ1v) is 6.99. The minimum atomic E-state index is 0.277. The van der Waals surface area contributed by atoms with Gasteiger partial charge < -0.3 is 15.0 Å². The number of nitrogens with two attached hydrogens (primary N) is 1. The van der Waals surface area contributed by atoms with Crippen LogP contribution in [0.15, 0.2) is 47.0 Å². The maximum Gasteiger partial charge on any atom is 0.240 e. The summed E-state index contributed by atoms with van der Waals surface area (Å²) in [6.07, 6.45) is 1.54. The van der Waals surface area contributed by atoms with E-state index < -0.39 is 0 Å². The standard InChI is InChI=1S/C16H17N3O2/c17-11-16-18-15(19-21-16)9-4-10-20-14-8-3-6-12-5-1-2-7-13(12)14/h1-3,5-8H,4,9-11,17H2. The van der Waals surface area contributed by atoms with E-state index in [1.807, 2.05) is 24.3 Å². The van der Waals surface area contributed by atoms with Gasteiger partial charge in [-0.1, -0.05) is 41.6 Å². The first-order chi connectivity index (χ1) is 10.4. The Bertz CT molecular complexity index is 719. The molecule has 0 saturated heterocycles. The van der Waals surface area contributed by atoms with Gasteiger partial charge in [0.2, 0.25) is 5.89 Å². The van der Waals surface area contributed by atoms with Gasteiger partial charge in [-0.2, -0.15) is 4.98 Å². The first kappa shape index (κ1) is 13.6. The molecule has 0 atom stereocenters. The summed E-state index contributed by atoms with van der Waals surface area (Å²) in [5, 5.41) is 6.17. The summed E-state index contributed by atoms with van der Waals surface area (Å²) in [5.41, 5.74) is 5.43. The first-order valence-electron chi connectivity index (χ1n) is 6.99. The van der Waals surface area contributed by atoms with Crippen molar-refractivity contribution in [1.29, 1.82) is 0 Å². The summed E-state index contributed by atoms with van der Waals surface area (Å²) in [7, 11) is 0. The topological polar surface area (TPSA) is 74.2 Å². The Morgan fingerprint density at radius 3 is 2.81 bits per heavy atom. The van der Waals surface area contributed by atoms with E-state index in [1.165, 1.54) is 5.39 Å². The molecule has 0 saturated carbocycles. The van der Waals surface area contributed by atoms with Gasteiger partial charge in [0, 0.05) is 11.8 Å². The minimum Gasteiger partial charge on any atom is -0.493 e. The second-order valence-corrected chi connectivity index (χ2v) is 4.74. The second-order valence-electron chi connectivity index (χ2n) is 4.74. The van der Waals surface area contributed by atoms with Crippen LogP contribution in [-0.2, 0) is 13.0 Å². The summed E-state index contributed by atoms with van der Waals surface area (Å²) < 4.78 is 10.8. The highest BCUT2D eigenvalue weighted by atomic mass is 16.5. The van der Waals surface area contributed by atoms with E-state index in [4.69, 9.17) is 15.0 Å². The van der Waals surface area contributed by atoms with E-state index in [2.05, 4.69) is 28.3 Å². The van der Waals surface area contributed by atoms with Crippen molar-refractivity contribution in [2.45, 2.75) is 19.4 Å². The Hall–Kier alpha value is -2.40. The number of rotatable bonds is 6. The van der Waals surface area contributed by atoms with Crippen molar-refractivity contribution < 1.29 is 9.26 Å². The highest BCUT2D eigenvalue weighted by Gasteiger charge is 2.05. The maximum atomic E-state index is 5.86. The van der Waals surface area contributed by atoms with Crippen LogP contribution >= 0.6 is 0 Å². The van der Waals surface area contributed by atoms with Crippen molar-refractivity contribution in [1.82, 2.24) is 10.1 Å². The summed E-state index contributed by atoms with van der Waals surface area (Å²) >= 11 is 0. The van der Waals surface area contributed by atoms with Gasteiger partial charge in [0.1, 0.15) is 5.75 Å². The van der Waals surface area contributed by atoms with Gasteiger partial charge >= 0.3 is 0 Å². The van der Waals surface area contributed by atoms with Crippen LogP contribution in [0.3, 0.4) is 0 Å². The van der Waals surface area contributed by atoms with E-state index in [0.717, 1.165) is 17.6 Å². The Balaban J connectivity index is 1.57. The fraction of sp³-hybridized carbons (Fsp3) is 0.250. The Labute approximate surface area is 122 Å². The number of benzene rings is 2. The Kier molecular flexibility index (Phi) is 4.12. The molecule has 0 fully saturated rings. The molecule has 21 heavy (non-hydrogen) atoms. The number of aromatic nitrogens is 2. The summed E-state index contributed by atoms with van der Waals surface area (Å²) in [5.74, 6) is 2.06. The predicted octanol–water partition coefficient (Wildman–Crippen LogP) is 2.69. The smallest absolute Gasteiger partial charge is 0.240 e. The van der Waals surface area contributed by atoms with Crippen LogP contribution in [0.5, 0.6) is 5.75 Å². The summed E-state index contributed by atoms with van der Waals surface area (Å²) in [6.45, 7) is 0.889. The average molecular weight is 283 g/mol. The lowest BCUT2D eigenvalue weighted by Crippen LogP contribution is -2.01. The van der Waals surface area contributed by atoms with Crippen LogP contribution in [0, 0.1) is 0 Å². The lowest BCUT2D eigenvalue weighted by atomic mass is 10.1. The van der Waals surface area contributed by atoms with Gasteiger partial charge in [-0.05, 0) is 17.9 Å². The van der Waals surface area contributed by atoms with Gasteiger partial charge in [0.25, 0.3) is 0 Å². The third-order valence-electron chi connectivity index (χ3n) is 3.24. The van der Waals surface area contributed by atoms with Gasteiger partial charge in [-0.15, -0.1) is 0 Å². The molecule has 0 unspecified atom stereocenters. The fourth-order valence-electron chi connectivity index (χ4n) is 2.21. The molecule has 5 heteroatoms. The average Bonchev–Trinajstić information content (AvgIpc) is 3.00. The number of hydrogen-bond donors (Lipinski definition) is 1. The minimum absolute atomic E-state index is 0.277. The molecule has 0 spiro atoms. The molecule has 2 N–H and O–H groups in total. The number of ether oxygens (including phenoxy) is 1. The monoisotopic (exact) mass is 283 g/mol. The van der Waals surface area contributed by atoms with Crippen LogP contribution in [-0.4, -0.2) is 16.7 Å². The van der Waals surface area contributed by atoms with Crippen LogP contribution in [0.4, 0.5) is 0 Å². The molecule has 1 heterocycles. The van der Waals surface area contributed by atoms with Gasteiger partial charge in [0.15, 0.2) is 5.82 Å². The van der Waals surface area contributed by atoms with E-state index in [0.29, 0.717) is 24.7 Å². The number of hydrogen-bond acceptors (Lipinski definition) is 5. The summed E-state index contributed by atoms with van der Waals surface area (Å²) in [6, 6.07) is 14.3. The lowest BCUT2D eigenvalue weighted by Gasteiger charge is -2.08. The number of fused-ring (bicyclic) bond motifs is 1. The molecule has 0 aliphatic rings. The fourth-order valence-corrected chi connectivity index (χ4v) is 2.21. The normalized spacial score (nSPS) is 10.9. The molecule has 0 radical (unpaired) electrons. The maximum absolute atomic E-state index is 5.86. The summed E-state index contributed by atoms with van der Waals surface area (Å²) in [4.78, 5) is 4.16. The highest BCUT2D eigenvalue weighted by molar-refractivity contribution is 5.88. The SMILES string of the molecule is NCc1nc(CCCOc2cccc3ccccc23)no1. The van der Waals surface area contributed by atoms with Crippen molar-refractivity contribution >= 4 is 10.8 Å². The highest BCUT2D eigenvalue weighted by Crippen LogP contribution is 2.25. The van der Waals surface area contributed by atoms with Crippen LogP contribution < -0.4 is 10.5 Å². The molecule has 0 bridgehead atoms. The Morgan fingerprint density at radius 1 is 1.10 bits per heavy atom. The molecule has 0 aliphatic heterocycles. The lowest BCUT2D eigenvalue weighted by molar-refractivity contribution is 0.311. The van der Waals surface area contributed by atoms with E-state index in [-0.39, 0.29) is 6.54 Å². The molecule has 2 aromatic carbocycles. The quantitative estimate of drug-likeness (QED) is 0.704. The van der Waals surface area contributed by atoms with E-state index in [9.17, 15) is 0 Å². The second kappa shape index (κ2) is 6.37. The number of nitrogens with zero attached hydrogens (tertiary/aromatic N) is 2. The largest absolute Gasteiger partial charge is 0.493 e. The molecule has 0 aliphatic carbocycles. The zero-order valence-corrected chi connectivity index (χ0v) is 11.7. The van der Waals surface area contributed by atoms with Crippen molar-refractivity contribution in [2.24, 2.45) is 5.73 Å². The van der Waals surface area contributed by atoms with Gasteiger partial charge in [0.05, 0.1) is 13.2 Å². The predicted molar refractivity (Wildman–Crippen MR) is 80.0 cm³/mol. The molecule has 1 aromatic heterocycles. The molecular weight excluding hydrogens is 266 g/mol. The molecule has 0 amide bonds. The van der Waals surface area contributed by atoms with Crippen molar-refractivity contribution in [3.05, 3.63) is 54.2 Å². The number of aryl methyl sites for hydroxylation is 1. The third kappa shape index (κ3) is 3.20. The Morgan fingerprint density at radius 2 is 1.95 bits per heavy atom. The van der Waals surface area contributed by atoms with E-state index >= 15 is 0 Å². The molecule has 3 aromatic rings. The zero-order valence-electron chi connectivity index (χ0n) is 11.7. The van der Waals surface area contributed by atoms with Crippen LogP contribution in [0.1, 0.15) is 18.1 Å². The third-order valence-corrected chi connectivity index (χ3v) is 3.24. The molecular formula is C16H17N3O2. The van der Waals surface area contributed by atoms with Crippen molar-refractivity contribution in [3.8, 4) is 5.75 Å². The van der Waals surface area contributed by atoms with E-state index in [1.54, 1.807) is 0 Å².